The molecule has 0 aromatic rings. The molecular weight excluding hydrogens is 374 g/mol. The number of hydrogen-bond donors (Lipinski definition) is 0. The lowest BCUT2D eigenvalue weighted by Crippen LogP contribution is -2.56. The SMILES string of the molecule is CC12C=C(C#N)C(=O)C3(CC=CC3)C1=CCC1C2CCC2(C)C1CCC21OCCO1. The average molecular weight is 406 g/mol. The fraction of sp³-hybridized carbons (Fsp3) is 0.692. The zero-order valence-corrected chi connectivity index (χ0v) is 18.1. The summed E-state index contributed by atoms with van der Waals surface area (Å²) >= 11 is 0. The summed E-state index contributed by atoms with van der Waals surface area (Å²) in [5, 5.41) is 9.82. The Hall–Kier alpha value is -1.70. The first kappa shape index (κ1) is 19.0. The van der Waals surface area contributed by atoms with E-state index in [9.17, 15) is 10.1 Å². The number of rotatable bonds is 0. The van der Waals surface area contributed by atoms with Crippen LogP contribution in [0.5, 0.6) is 0 Å². The third kappa shape index (κ3) is 2.02. The van der Waals surface area contributed by atoms with Gasteiger partial charge in [0.1, 0.15) is 6.07 Å². The monoisotopic (exact) mass is 405 g/mol. The van der Waals surface area contributed by atoms with Crippen molar-refractivity contribution in [2.75, 3.05) is 13.2 Å². The van der Waals surface area contributed by atoms with Crippen LogP contribution in [0.2, 0.25) is 0 Å². The summed E-state index contributed by atoms with van der Waals surface area (Å²) in [6.45, 7) is 6.14. The van der Waals surface area contributed by atoms with Crippen LogP contribution in [0.4, 0.5) is 0 Å². The van der Waals surface area contributed by atoms with Gasteiger partial charge in [-0.05, 0) is 61.9 Å². The second-order valence-electron chi connectivity index (χ2n) is 10.9. The number of ether oxygens (including phenoxy) is 2. The maximum atomic E-state index is 13.3. The van der Waals surface area contributed by atoms with E-state index in [4.69, 9.17) is 9.47 Å². The molecule has 158 valence electrons. The van der Waals surface area contributed by atoms with Gasteiger partial charge in [-0.3, -0.25) is 4.79 Å². The van der Waals surface area contributed by atoms with Gasteiger partial charge >= 0.3 is 0 Å². The van der Waals surface area contributed by atoms with Crippen molar-refractivity contribution in [3.63, 3.8) is 0 Å². The summed E-state index contributed by atoms with van der Waals surface area (Å²) in [4.78, 5) is 13.3. The number of carbonyl (C=O) groups excluding carboxylic acids is 1. The molecule has 5 atom stereocenters. The third-order valence-corrected chi connectivity index (χ3v) is 10.0. The van der Waals surface area contributed by atoms with Crippen molar-refractivity contribution in [2.45, 2.75) is 64.6 Å². The van der Waals surface area contributed by atoms with Crippen molar-refractivity contribution >= 4 is 5.78 Å². The Balaban J connectivity index is 1.44. The second kappa shape index (κ2) is 5.96. The first-order valence-electron chi connectivity index (χ1n) is 11.7. The van der Waals surface area contributed by atoms with E-state index in [2.05, 4.69) is 44.2 Å². The fourth-order valence-electron chi connectivity index (χ4n) is 8.70. The predicted molar refractivity (Wildman–Crippen MR) is 112 cm³/mol. The van der Waals surface area contributed by atoms with Crippen molar-refractivity contribution in [2.24, 2.45) is 34.0 Å². The average Bonchev–Trinajstić information content (AvgIpc) is 3.47. The summed E-state index contributed by atoms with van der Waals surface area (Å²) in [6, 6.07) is 2.27. The van der Waals surface area contributed by atoms with E-state index in [-0.39, 0.29) is 22.4 Å². The van der Waals surface area contributed by atoms with Crippen LogP contribution in [0.3, 0.4) is 0 Å². The Kier molecular flexibility index (Phi) is 3.78. The summed E-state index contributed by atoms with van der Waals surface area (Å²) in [7, 11) is 0. The fourth-order valence-corrected chi connectivity index (χ4v) is 8.70. The highest BCUT2D eigenvalue weighted by atomic mass is 16.7. The summed E-state index contributed by atoms with van der Waals surface area (Å²) in [5.41, 5.74) is 1.04. The molecule has 4 heteroatoms. The lowest BCUT2D eigenvalue weighted by molar-refractivity contribution is -0.241. The Morgan fingerprint density at radius 3 is 2.47 bits per heavy atom. The molecule has 1 aliphatic heterocycles. The molecule has 0 radical (unpaired) electrons. The lowest BCUT2D eigenvalue weighted by Gasteiger charge is -2.59. The van der Waals surface area contributed by atoms with E-state index in [0.29, 0.717) is 36.5 Å². The highest BCUT2D eigenvalue weighted by Crippen LogP contribution is 2.70. The number of ketones is 1. The molecule has 1 heterocycles. The molecule has 6 aliphatic rings. The van der Waals surface area contributed by atoms with Gasteiger partial charge in [0.25, 0.3) is 0 Å². The molecule has 5 unspecified atom stereocenters. The highest BCUT2D eigenvalue weighted by molar-refractivity contribution is 6.07. The zero-order chi connectivity index (χ0) is 20.8. The normalized spacial score (nSPS) is 45.0. The van der Waals surface area contributed by atoms with Gasteiger partial charge in [0.2, 0.25) is 0 Å². The minimum Gasteiger partial charge on any atom is -0.347 e. The number of carbonyl (C=O) groups is 1. The van der Waals surface area contributed by atoms with Crippen LogP contribution in [0, 0.1) is 45.3 Å². The van der Waals surface area contributed by atoms with Crippen LogP contribution in [0.15, 0.2) is 35.5 Å². The van der Waals surface area contributed by atoms with Crippen LogP contribution in [-0.2, 0) is 14.3 Å². The molecule has 0 aromatic carbocycles. The van der Waals surface area contributed by atoms with Gasteiger partial charge in [-0.25, -0.2) is 0 Å². The van der Waals surface area contributed by atoms with Crippen molar-refractivity contribution in [3.05, 3.63) is 35.5 Å². The first-order chi connectivity index (χ1) is 14.4. The van der Waals surface area contributed by atoms with Crippen LogP contribution >= 0.6 is 0 Å². The minimum atomic E-state index is -0.505. The van der Waals surface area contributed by atoms with Gasteiger partial charge in [0.05, 0.1) is 24.2 Å². The van der Waals surface area contributed by atoms with Gasteiger partial charge in [-0.15, -0.1) is 0 Å². The number of allylic oxidation sites excluding steroid dienone is 6. The van der Waals surface area contributed by atoms with Gasteiger partial charge < -0.3 is 9.47 Å². The van der Waals surface area contributed by atoms with Crippen molar-refractivity contribution in [1.29, 1.82) is 5.26 Å². The van der Waals surface area contributed by atoms with E-state index in [1.54, 1.807) is 0 Å². The molecule has 6 rings (SSSR count). The molecular formula is C26H31NO3. The largest absolute Gasteiger partial charge is 0.347 e. The Labute approximate surface area is 179 Å². The minimum absolute atomic E-state index is 0.0467. The van der Waals surface area contributed by atoms with E-state index >= 15 is 0 Å². The maximum absolute atomic E-state index is 13.3. The Bertz CT molecular complexity index is 938. The van der Waals surface area contributed by atoms with E-state index < -0.39 is 5.41 Å². The Morgan fingerprint density at radius 2 is 1.77 bits per heavy atom. The van der Waals surface area contributed by atoms with Crippen molar-refractivity contribution < 1.29 is 14.3 Å². The molecule has 0 aromatic heterocycles. The third-order valence-electron chi connectivity index (χ3n) is 10.0. The number of hydrogen-bond acceptors (Lipinski definition) is 4. The highest BCUT2D eigenvalue weighted by Gasteiger charge is 2.67. The molecule has 0 bridgehead atoms. The summed E-state index contributed by atoms with van der Waals surface area (Å²) in [5.74, 6) is 1.26. The quantitative estimate of drug-likeness (QED) is 0.539. The zero-order valence-electron chi connectivity index (χ0n) is 18.1. The molecule has 3 fully saturated rings. The molecule has 30 heavy (non-hydrogen) atoms. The molecule has 0 amide bonds. The number of fused-ring (bicyclic) bond motifs is 7. The van der Waals surface area contributed by atoms with Crippen molar-refractivity contribution in [3.8, 4) is 6.07 Å². The van der Waals surface area contributed by atoms with Crippen molar-refractivity contribution in [1.82, 2.24) is 0 Å². The van der Waals surface area contributed by atoms with E-state index in [1.165, 1.54) is 5.57 Å². The van der Waals surface area contributed by atoms with Gasteiger partial charge in [0, 0.05) is 17.3 Å². The standard InChI is InChI=1S/C26H31NO3/c1-23-15-17(16-27)22(28)25(9-3-4-10-25)21(23)6-5-18-19(23)7-11-24(2)20(18)8-12-26(24)29-13-14-30-26/h3-4,6,15,18-20H,5,7-14H2,1-2H3. The Morgan fingerprint density at radius 1 is 1.07 bits per heavy atom. The molecule has 1 saturated heterocycles. The van der Waals surface area contributed by atoms with E-state index in [1.807, 2.05) is 0 Å². The lowest BCUT2D eigenvalue weighted by atomic mass is 9.45. The smallest absolute Gasteiger partial charge is 0.183 e. The van der Waals surface area contributed by atoms with Crippen LogP contribution in [0.25, 0.3) is 0 Å². The van der Waals surface area contributed by atoms with E-state index in [0.717, 1.165) is 44.9 Å². The number of nitrogens with zero attached hydrogens (tertiary/aromatic N) is 1. The molecule has 5 aliphatic carbocycles. The second-order valence-corrected chi connectivity index (χ2v) is 10.9. The van der Waals surface area contributed by atoms with Crippen LogP contribution in [-0.4, -0.2) is 24.8 Å². The molecule has 2 spiro atoms. The number of nitriles is 1. The van der Waals surface area contributed by atoms with Gasteiger partial charge in [-0.2, -0.15) is 5.26 Å². The first-order valence-corrected chi connectivity index (χ1v) is 11.7. The van der Waals surface area contributed by atoms with Crippen LogP contribution in [0.1, 0.15) is 58.8 Å². The summed E-state index contributed by atoms with van der Waals surface area (Å²) in [6.07, 6.45) is 15.6. The topological polar surface area (TPSA) is 59.3 Å². The molecule has 0 N–H and O–H groups in total. The maximum Gasteiger partial charge on any atom is 0.183 e. The molecule has 4 nitrogen and oxygen atoms in total. The van der Waals surface area contributed by atoms with Gasteiger partial charge in [0.15, 0.2) is 11.6 Å². The summed E-state index contributed by atoms with van der Waals surface area (Å²) < 4.78 is 12.5. The van der Waals surface area contributed by atoms with Gasteiger partial charge in [-0.1, -0.05) is 38.2 Å². The number of Topliss-reactive ketones (excluding diaryl/α,β-unsaturated/α-hetero) is 1. The molecule has 2 saturated carbocycles. The predicted octanol–water partition coefficient (Wildman–Crippen LogP) is 4.88. The van der Waals surface area contributed by atoms with Crippen LogP contribution < -0.4 is 0 Å².